The standard InChI is InChI=1S/C31H33N5O3/c1-32-27-11-5-6-12-28(27)36(31(32)39)22-30(38)34-18-16-33(17-19-34)26-13-7-10-24-14-15-35(21-25(24)26)29(37)20-23-8-3-2-4-9-23/h2-13H,14-22H2,1H3. The molecule has 3 heterocycles. The second kappa shape index (κ2) is 10.4. The van der Waals surface area contributed by atoms with Crippen LogP contribution >= 0.6 is 0 Å². The second-order valence-corrected chi connectivity index (χ2v) is 10.4. The monoisotopic (exact) mass is 523 g/mol. The van der Waals surface area contributed by atoms with Gasteiger partial charge in [-0.25, -0.2) is 4.79 Å². The van der Waals surface area contributed by atoms with Crippen LogP contribution in [0.4, 0.5) is 5.69 Å². The molecule has 0 radical (unpaired) electrons. The van der Waals surface area contributed by atoms with Crippen molar-refractivity contribution < 1.29 is 9.59 Å². The van der Waals surface area contributed by atoms with Gasteiger partial charge in [-0.05, 0) is 41.3 Å². The van der Waals surface area contributed by atoms with E-state index in [1.54, 1.807) is 16.2 Å². The van der Waals surface area contributed by atoms with E-state index in [2.05, 4.69) is 23.1 Å². The maximum absolute atomic E-state index is 13.2. The molecule has 6 rings (SSSR count). The molecular weight excluding hydrogens is 490 g/mol. The van der Waals surface area contributed by atoms with Crippen LogP contribution in [-0.2, 0) is 42.6 Å². The lowest BCUT2D eigenvalue weighted by atomic mass is 9.96. The molecule has 1 saturated heterocycles. The van der Waals surface area contributed by atoms with Crippen LogP contribution in [0.15, 0.2) is 77.6 Å². The zero-order valence-electron chi connectivity index (χ0n) is 22.3. The number of carbonyl (C=O) groups is 2. The highest BCUT2D eigenvalue weighted by molar-refractivity contribution is 5.81. The first-order valence-electron chi connectivity index (χ1n) is 13.6. The van der Waals surface area contributed by atoms with Crippen LogP contribution in [-0.4, -0.2) is 63.5 Å². The minimum Gasteiger partial charge on any atom is -0.368 e. The van der Waals surface area contributed by atoms with E-state index >= 15 is 0 Å². The second-order valence-electron chi connectivity index (χ2n) is 10.4. The van der Waals surface area contributed by atoms with Crippen molar-refractivity contribution in [3.63, 3.8) is 0 Å². The molecule has 3 aromatic carbocycles. The Labute approximate surface area is 227 Å². The van der Waals surface area contributed by atoms with E-state index in [-0.39, 0.29) is 24.0 Å². The minimum absolute atomic E-state index is 0.0409. The number of fused-ring (bicyclic) bond motifs is 2. The van der Waals surface area contributed by atoms with E-state index < -0.39 is 0 Å². The van der Waals surface area contributed by atoms with E-state index in [0.717, 1.165) is 35.2 Å². The highest BCUT2D eigenvalue weighted by atomic mass is 16.2. The molecule has 0 atom stereocenters. The number of piperazine rings is 1. The molecule has 1 aromatic heterocycles. The van der Waals surface area contributed by atoms with Crippen LogP contribution in [0.5, 0.6) is 0 Å². The fourth-order valence-electron chi connectivity index (χ4n) is 5.90. The highest BCUT2D eigenvalue weighted by Gasteiger charge is 2.28. The van der Waals surface area contributed by atoms with E-state index in [9.17, 15) is 14.4 Å². The quantitative estimate of drug-likeness (QED) is 0.404. The van der Waals surface area contributed by atoms with Crippen LogP contribution in [0.3, 0.4) is 0 Å². The van der Waals surface area contributed by atoms with Crippen LogP contribution in [0, 0.1) is 0 Å². The Kier molecular flexibility index (Phi) is 6.69. The lowest BCUT2D eigenvalue weighted by molar-refractivity contribution is -0.132. The fraction of sp³-hybridized carbons (Fsp3) is 0.323. The maximum Gasteiger partial charge on any atom is 0.329 e. The molecule has 8 heteroatoms. The summed E-state index contributed by atoms with van der Waals surface area (Å²) in [4.78, 5) is 45.2. The van der Waals surface area contributed by atoms with Gasteiger partial charge in [0.1, 0.15) is 6.54 Å². The van der Waals surface area contributed by atoms with Crippen LogP contribution in [0.1, 0.15) is 16.7 Å². The van der Waals surface area contributed by atoms with Gasteiger partial charge in [-0.3, -0.25) is 18.7 Å². The summed E-state index contributed by atoms with van der Waals surface area (Å²) in [6.07, 6.45) is 1.26. The lowest BCUT2D eigenvalue weighted by Crippen LogP contribution is -2.50. The van der Waals surface area contributed by atoms with Gasteiger partial charge in [0.05, 0.1) is 17.5 Å². The third-order valence-corrected chi connectivity index (χ3v) is 8.12. The van der Waals surface area contributed by atoms with Gasteiger partial charge in [0.2, 0.25) is 11.8 Å². The number of hydrogen-bond acceptors (Lipinski definition) is 4. The Hall–Kier alpha value is -4.33. The van der Waals surface area contributed by atoms with Crippen molar-refractivity contribution in [3.05, 3.63) is 100.0 Å². The van der Waals surface area contributed by atoms with E-state index in [4.69, 9.17) is 0 Å². The lowest BCUT2D eigenvalue weighted by Gasteiger charge is -2.39. The zero-order valence-corrected chi connectivity index (χ0v) is 22.3. The molecule has 200 valence electrons. The number of aryl methyl sites for hydroxylation is 1. The van der Waals surface area contributed by atoms with E-state index in [0.29, 0.717) is 39.1 Å². The number of amides is 2. The summed E-state index contributed by atoms with van der Waals surface area (Å²) in [6, 6.07) is 23.9. The zero-order chi connectivity index (χ0) is 26.9. The molecule has 2 aliphatic rings. The third-order valence-electron chi connectivity index (χ3n) is 8.12. The predicted octanol–water partition coefficient (Wildman–Crippen LogP) is 2.82. The first-order valence-corrected chi connectivity index (χ1v) is 13.6. The Morgan fingerprint density at radius 2 is 1.46 bits per heavy atom. The van der Waals surface area contributed by atoms with Crippen molar-refractivity contribution in [1.82, 2.24) is 18.9 Å². The minimum atomic E-state index is -0.175. The number of para-hydroxylation sites is 2. The number of carbonyl (C=O) groups excluding carboxylic acids is 2. The maximum atomic E-state index is 13.2. The predicted molar refractivity (Wildman–Crippen MR) is 152 cm³/mol. The van der Waals surface area contributed by atoms with Crippen molar-refractivity contribution >= 4 is 28.5 Å². The molecule has 4 aromatic rings. The first kappa shape index (κ1) is 25.0. The van der Waals surface area contributed by atoms with Gasteiger partial charge in [-0.15, -0.1) is 0 Å². The molecule has 0 spiro atoms. The van der Waals surface area contributed by atoms with Gasteiger partial charge in [0, 0.05) is 52.0 Å². The van der Waals surface area contributed by atoms with Gasteiger partial charge in [-0.2, -0.15) is 0 Å². The summed E-state index contributed by atoms with van der Waals surface area (Å²) in [5.74, 6) is 0.113. The van der Waals surface area contributed by atoms with Crippen molar-refractivity contribution in [2.45, 2.75) is 25.9 Å². The molecule has 0 bridgehead atoms. The number of hydrogen-bond donors (Lipinski definition) is 0. The van der Waals surface area contributed by atoms with Crippen molar-refractivity contribution in [3.8, 4) is 0 Å². The van der Waals surface area contributed by atoms with Gasteiger partial charge in [0.15, 0.2) is 0 Å². The summed E-state index contributed by atoms with van der Waals surface area (Å²) in [5, 5.41) is 0. The van der Waals surface area contributed by atoms with Crippen molar-refractivity contribution in [2.24, 2.45) is 7.05 Å². The Balaban J connectivity index is 1.12. The molecule has 0 saturated carbocycles. The topological polar surface area (TPSA) is 70.8 Å². The Morgan fingerprint density at radius 3 is 2.23 bits per heavy atom. The molecule has 0 N–H and O–H groups in total. The summed E-state index contributed by atoms with van der Waals surface area (Å²) >= 11 is 0. The average Bonchev–Trinajstić information content (AvgIpc) is 3.22. The van der Waals surface area contributed by atoms with Gasteiger partial charge >= 0.3 is 5.69 Å². The summed E-state index contributed by atoms with van der Waals surface area (Å²) in [6.45, 7) is 4.00. The molecular formula is C31H33N5O3. The van der Waals surface area contributed by atoms with E-state index in [1.807, 2.05) is 64.4 Å². The van der Waals surface area contributed by atoms with Crippen molar-refractivity contribution in [2.75, 3.05) is 37.6 Å². The Bertz CT molecular complexity index is 1580. The van der Waals surface area contributed by atoms with E-state index in [1.165, 1.54) is 11.1 Å². The summed E-state index contributed by atoms with van der Waals surface area (Å²) < 4.78 is 3.16. The fourth-order valence-corrected chi connectivity index (χ4v) is 5.90. The molecule has 1 fully saturated rings. The normalized spacial score (nSPS) is 15.5. The number of rotatable bonds is 5. The smallest absolute Gasteiger partial charge is 0.329 e. The third kappa shape index (κ3) is 4.82. The molecule has 0 unspecified atom stereocenters. The first-order chi connectivity index (χ1) is 19.0. The van der Waals surface area contributed by atoms with Gasteiger partial charge in [-0.1, -0.05) is 54.6 Å². The summed E-state index contributed by atoms with van der Waals surface area (Å²) in [7, 11) is 1.74. The number of anilines is 1. The van der Waals surface area contributed by atoms with Gasteiger partial charge in [0.25, 0.3) is 0 Å². The molecule has 2 amide bonds. The number of nitrogens with zero attached hydrogens (tertiary/aromatic N) is 5. The van der Waals surface area contributed by atoms with Crippen LogP contribution in [0.2, 0.25) is 0 Å². The molecule has 39 heavy (non-hydrogen) atoms. The summed E-state index contributed by atoms with van der Waals surface area (Å²) in [5.41, 5.74) is 6.13. The van der Waals surface area contributed by atoms with Crippen molar-refractivity contribution in [1.29, 1.82) is 0 Å². The van der Waals surface area contributed by atoms with Gasteiger partial charge < -0.3 is 14.7 Å². The molecule has 8 nitrogen and oxygen atoms in total. The van der Waals surface area contributed by atoms with Crippen LogP contribution in [0.25, 0.3) is 11.0 Å². The average molecular weight is 524 g/mol. The molecule has 0 aliphatic carbocycles. The largest absolute Gasteiger partial charge is 0.368 e. The highest BCUT2D eigenvalue weighted by Crippen LogP contribution is 2.30. The SMILES string of the molecule is Cn1c(=O)n(CC(=O)N2CCN(c3cccc4c3CN(C(=O)Cc3ccccc3)CC4)CC2)c2ccccc21. The number of benzene rings is 3. The molecule has 2 aliphatic heterocycles. The number of aromatic nitrogens is 2. The Morgan fingerprint density at radius 1 is 0.744 bits per heavy atom. The van der Waals surface area contributed by atoms with Crippen LogP contribution < -0.4 is 10.6 Å². The number of imidazole rings is 1.